The molecule has 0 amide bonds. The Bertz CT molecular complexity index is 582. The number of hydrogen-bond donors (Lipinski definition) is 0. The Balaban J connectivity index is 3.23. The van der Waals surface area contributed by atoms with Crippen molar-refractivity contribution < 1.29 is 0 Å². The van der Waals surface area contributed by atoms with Crippen molar-refractivity contribution in [1.29, 1.82) is 0 Å². The zero-order chi connectivity index (χ0) is 16.1. The van der Waals surface area contributed by atoms with Crippen LogP contribution in [0.4, 0.5) is 0 Å². The minimum Gasteiger partial charge on any atom is -0.0802 e. The summed E-state index contributed by atoms with van der Waals surface area (Å²) in [5.41, 5.74) is 1.25. The zero-order valence-corrected chi connectivity index (χ0v) is 16.5. The van der Waals surface area contributed by atoms with Crippen molar-refractivity contribution in [2.75, 3.05) is 0 Å². The molecule has 0 bridgehead atoms. The van der Waals surface area contributed by atoms with E-state index in [1.807, 2.05) is 0 Å². The SMILES string of the molecule is C/C=C(\C#C/C(=C\c1ccccc1)[Si](C)(C)C)[Si](C)(C)C. The fraction of sp³-hybridized carbons (Fsp3) is 0.368. The van der Waals surface area contributed by atoms with E-state index in [1.54, 1.807) is 0 Å². The summed E-state index contributed by atoms with van der Waals surface area (Å²) in [6.07, 6.45) is 4.47. The highest BCUT2D eigenvalue weighted by molar-refractivity contribution is 6.85. The average molecular weight is 313 g/mol. The fourth-order valence-corrected chi connectivity index (χ4v) is 4.32. The molecule has 2 heteroatoms. The lowest BCUT2D eigenvalue weighted by Crippen LogP contribution is -2.24. The number of rotatable bonds is 3. The van der Waals surface area contributed by atoms with Crippen LogP contribution in [0, 0.1) is 11.8 Å². The molecule has 1 rings (SSSR count). The molecule has 1 aromatic carbocycles. The van der Waals surface area contributed by atoms with Crippen molar-refractivity contribution in [3.05, 3.63) is 52.4 Å². The molecule has 0 atom stereocenters. The van der Waals surface area contributed by atoms with E-state index in [1.165, 1.54) is 16.0 Å². The van der Waals surface area contributed by atoms with E-state index < -0.39 is 16.1 Å². The van der Waals surface area contributed by atoms with E-state index in [4.69, 9.17) is 0 Å². The second-order valence-electron chi connectivity index (χ2n) is 7.42. The molecule has 112 valence electrons. The molecule has 0 aliphatic carbocycles. The first kappa shape index (κ1) is 17.7. The topological polar surface area (TPSA) is 0 Å². The number of benzene rings is 1. The van der Waals surface area contributed by atoms with Crippen LogP contribution in [0.25, 0.3) is 6.08 Å². The van der Waals surface area contributed by atoms with Gasteiger partial charge in [-0.1, -0.05) is 87.5 Å². The fourth-order valence-electron chi connectivity index (χ4n) is 1.98. The molecule has 0 saturated heterocycles. The van der Waals surface area contributed by atoms with Crippen LogP contribution >= 0.6 is 0 Å². The van der Waals surface area contributed by atoms with Gasteiger partial charge in [-0.25, -0.2) is 0 Å². The van der Waals surface area contributed by atoms with Gasteiger partial charge in [0, 0.05) is 0 Å². The minimum absolute atomic E-state index is 1.25. The van der Waals surface area contributed by atoms with E-state index in [0.29, 0.717) is 0 Å². The summed E-state index contributed by atoms with van der Waals surface area (Å²) in [7, 11) is -2.76. The highest BCUT2D eigenvalue weighted by Crippen LogP contribution is 2.19. The molecule has 21 heavy (non-hydrogen) atoms. The van der Waals surface area contributed by atoms with Crippen LogP contribution in [0.15, 0.2) is 46.8 Å². The molecule has 0 fully saturated rings. The Hall–Kier alpha value is -1.31. The molecule has 0 saturated carbocycles. The van der Waals surface area contributed by atoms with Gasteiger partial charge in [0.25, 0.3) is 0 Å². The van der Waals surface area contributed by atoms with Gasteiger partial charge in [0.2, 0.25) is 0 Å². The smallest absolute Gasteiger partial charge is 0.0802 e. The monoisotopic (exact) mass is 312 g/mol. The van der Waals surface area contributed by atoms with Gasteiger partial charge in [-0.3, -0.25) is 0 Å². The van der Waals surface area contributed by atoms with Crippen molar-refractivity contribution in [1.82, 2.24) is 0 Å². The maximum absolute atomic E-state index is 3.51. The molecular weight excluding hydrogens is 284 g/mol. The lowest BCUT2D eigenvalue weighted by Gasteiger charge is -2.18. The largest absolute Gasteiger partial charge is 0.0884 e. The van der Waals surface area contributed by atoms with E-state index in [-0.39, 0.29) is 0 Å². The third kappa shape index (κ3) is 5.91. The van der Waals surface area contributed by atoms with Crippen molar-refractivity contribution >= 4 is 22.2 Å². The summed E-state index contributed by atoms with van der Waals surface area (Å²) >= 11 is 0. The first-order chi connectivity index (χ1) is 9.64. The first-order valence-corrected chi connectivity index (χ1v) is 14.6. The molecule has 0 radical (unpaired) electrons. The van der Waals surface area contributed by atoms with Crippen LogP contribution in [0.5, 0.6) is 0 Å². The molecule has 0 aliphatic rings. The lowest BCUT2D eigenvalue weighted by molar-refractivity contribution is 1.61. The Labute approximate surface area is 133 Å². The second-order valence-corrected chi connectivity index (χ2v) is 17.5. The third-order valence-electron chi connectivity index (χ3n) is 3.35. The molecule has 0 aromatic heterocycles. The Kier molecular flexibility index (Phi) is 6.01. The molecule has 0 aliphatic heterocycles. The van der Waals surface area contributed by atoms with Crippen molar-refractivity contribution in [2.24, 2.45) is 0 Å². The van der Waals surface area contributed by atoms with E-state index >= 15 is 0 Å². The van der Waals surface area contributed by atoms with E-state index in [0.717, 1.165) is 0 Å². The van der Waals surface area contributed by atoms with Crippen molar-refractivity contribution in [3.8, 4) is 11.8 Å². The van der Waals surface area contributed by atoms with Gasteiger partial charge in [0.15, 0.2) is 0 Å². The minimum atomic E-state index is -1.43. The standard InChI is InChI=1S/C19H28Si2/c1-8-18(20(2,3)4)14-15-19(21(5,6)7)16-17-12-10-9-11-13-17/h8-13,16H,1-7H3/b18-8+,19-16+. The van der Waals surface area contributed by atoms with Crippen molar-refractivity contribution in [2.45, 2.75) is 46.2 Å². The van der Waals surface area contributed by atoms with Crippen molar-refractivity contribution in [3.63, 3.8) is 0 Å². The van der Waals surface area contributed by atoms with Crippen LogP contribution < -0.4 is 0 Å². The molecule has 0 spiro atoms. The molecule has 0 heterocycles. The molecule has 1 aromatic rings. The lowest BCUT2D eigenvalue weighted by atomic mass is 10.2. The second kappa shape index (κ2) is 7.11. The van der Waals surface area contributed by atoms with Gasteiger partial charge >= 0.3 is 0 Å². The third-order valence-corrected chi connectivity index (χ3v) is 7.26. The summed E-state index contributed by atoms with van der Waals surface area (Å²) in [6, 6.07) is 10.5. The maximum atomic E-state index is 3.51. The van der Waals surface area contributed by atoms with Gasteiger partial charge in [-0.2, -0.15) is 0 Å². The summed E-state index contributed by atoms with van der Waals surface area (Å²) in [5.74, 6) is 6.98. The van der Waals surface area contributed by atoms with Gasteiger partial charge in [-0.15, -0.1) is 0 Å². The predicted molar refractivity (Wildman–Crippen MR) is 103 cm³/mol. The van der Waals surface area contributed by atoms with Gasteiger partial charge in [-0.05, 0) is 29.0 Å². The van der Waals surface area contributed by atoms with Crippen LogP contribution in [-0.4, -0.2) is 16.1 Å². The average Bonchev–Trinajstić information content (AvgIpc) is 2.36. The number of allylic oxidation sites excluding steroid dienone is 3. The van der Waals surface area contributed by atoms with Gasteiger partial charge in [0.1, 0.15) is 0 Å². The molecule has 0 N–H and O–H groups in total. The number of hydrogen-bond acceptors (Lipinski definition) is 0. The zero-order valence-electron chi connectivity index (χ0n) is 14.5. The molecule has 0 nitrogen and oxygen atoms in total. The Morgan fingerprint density at radius 3 is 1.71 bits per heavy atom. The normalized spacial score (nSPS) is 13.7. The van der Waals surface area contributed by atoms with E-state index in [2.05, 4.69) is 101 Å². The van der Waals surface area contributed by atoms with Crippen LogP contribution in [0.1, 0.15) is 12.5 Å². The predicted octanol–water partition coefficient (Wildman–Crippen LogP) is 5.77. The quantitative estimate of drug-likeness (QED) is 0.490. The highest BCUT2D eigenvalue weighted by atomic mass is 28.3. The summed E-state index contributed by atoms with van der Waals surface area (Å²) in [6.45, 7) is 16.3. The van der Waals surface area contributed by atoms with Crippen LogP contribution in [-0.2, 0) is 0 Å². The van der Waals surface area contributed by atoms with E-state index in [9.17, 15) is 0 Å². The van der Waals surface area contributed by atoms with Crippen LogP contribution in [0.3, 0.4) is 0 Å². The maximum Gasteiger partial charge on any atom is 0.0884 e. The molecular formula is C19H28Si2. The Morgan fingerprint density at radius 1 is 0.810 bits per heavy atom. The summed E-state index contributed by atoms with van der Waals surface area (Å²) < 4.78 is 0. The molecule has 0 unspecified atom stereocenters. The first-order valence-electron chi connectivity index (χ1n) is 7.60. The van der Waals surface area contributed by atoms with Crippen LogP contribution in [0.2, 0.25) is 39.3 Å². The summed E-state index contributed by atoms with van der Waals surface area (Å²) in [5, 5.41) is 2.67. The highest BCUT2D eigenvalue weighted by Gasteiger charge is 2.20. The summed E-state index contributed by atoms with van der Waals surface area (Å²) in [4.78, 5) is 0. The van der Waals surface area contributed by atoms with Gasteiger partial charge < -0.3 is 0 Å². The Morgan fingerprint density at radius 2 is 1.29 bits per heavy atom. The van der Waals surface area contributed by atoms with Gasteiger partial charge in [0.05, 0.1) is 16.1 Å².